The van der Waals surface area contributed by atoms with Crippen LogP contribution in [0.25, 0.3) is 0 Å². The van der Waals surface area contributed by atoms with Crippen molar-refractivity contribution in [3.63, 3.8) is 0 Å². The van der Waals surface area contributed by atoms with E-state index >= 15 is 0 Å². The maximum absolute atomic E-state index is 5.88. The molecular weight excluding hydrogens is 254 g/mol. The van der Waals surface area contributed by atoms with Crippen LogP contribution in [0.1, 0.15) is 31.2 Å². The second kappa shape index (κ2) is 4.97. The lowest BCUT2D eigenvalue weighted by molar-refractivity contribution is 0.808. The summed E-state index contributed by atoms with van der Waals surface area (Å²) < 4.78 is 5.02. The van der Waals surface area contributed by atoms with Gasteiger partial charge in [-0.2, -0.15) is 4.37 Å². The Bertz CT molecular complexity index is 523. The topological polar surface area (TPSA) is 77.6 Å². The summed E-state index contributed by atoms with van der Waals surface area (Å²) in [4.78, 5) is 12.6. The molecule has 0 bridgehead atoms. The van der Waals surface area contributed by atoms with Gasteiger partial charge in [0, 0.05) is 5.56 Å². The fourth-order valence-corrected chi connectivity index (χ4v) is 3.23. The molecule has 0 radical (unpaired) electrons. The molecule has 0 atom stereocenters. The predicted octanol–water partition coefficient (Wildman–Crippen LogP) is 2.49. The molecule has 0 aromatic carbocycles. The largest absolute Gasteiger partial charge is 0.383 e. The Morgan fingerprint density at radius 1 is 1.35 bits per heavy atom. The summed E-state index contributed by atoms with van der Waals surface area (Å²) in [6.07, 6.45) is 1.48. The summed E-state index contributed by atoms with van der Waals surface area (Å²) in [5.74, 6) is 1.61. The molecule has 90 valence electrons. The first-order valence-corrected chi connectivity index (χ1v) is 6.75. The standard InChI is InChI=1S/C10H13N5S2/c1-5(2)7-8(11)12-4-13-9(7)16-10-14-6(3)15-17-10/h4-5H,1-3H3,(H2,11,12,13). The number of nitrogens with two attached hydrogens (primary N) is 1. The molecule has 0 amide bonds. The van der Waals surface area contributed by atoms with Crippen LogP contribution in [0.4, 0.5) is 5.82 Å². The molecule has 0 aliphatic heterocycles. The van der Waals surface area contributed by atoms with Gasteiger partial charge in [0.25, 0.3) is 0 Å². The Hall–Kier alpha value is -1.21. The van der Waals surface area contributed by atoms with Crippen molar-refractivity contribution in [2.75, 3.05) is 5.73 Å². The smallest absolute Gasteiger partial charge is 0.176 e. The van der Waals surface area contributed by atoms with Crippen LogP contribution in [0.15, 0.2) is 15.7 Å². The highest BCUT2D eigenvalue weighted by Crippen LogP contribution is 2.34. The molecule has 7 heteroatoms. The third kappa shape index (κ3) is 2.73. The van der Waals surface area contributed by atoms with Crippen molar-refractivity contribution in [3.05, 3.63) is 17.7 Å². The highest BCUT2D eigenvalue weighted by atomic mass is 32.2. The minimum Gasteiger partial charge on any atom is -0.383 e. The van der Waals surface area contributed by atoms with Crippen LogP contribution < -0.4 is 5.73 Å². The van der Waals surface area contributed by atoms with Gasteiger partial charge in [-0.1, -0.05) is 13.8 Å². The maximum atomic E-state index is 5.88. The molecule has 0 aliphatic carbocycles. The lowest BCUT2D eigenvalue weighted by atomic mass is 10.1. The number of anilines is 1. The first-order valence-electron chi connectivity index (χ1n) is 5.16. The highest BCUT2D eigenvalue weighted by molar-refractivity contribution is 8.00. The molecule has 2 rings (SSSR count). The van der Waals surface area contributed by atoms with Crippen LogP contribution in [0, 0.1) is 6.92 Å². The number of nitrogen functional groups attached to an aromatic ring is 1. The van der Waals surface area contributed by atoms with Crippen molar-refractivity contribution in [3.8, 4) is 0 Å². The summed E-state index contributed by atoms with van der Waals surface area (Å²) in [6.45, 7) is 6.02. The molecule has 0 saturated heterocycles. The Balaban J connectivity index is 2.35. The summed E-state index contributed by atoms with van der Waals surface area (Å²) in [6, 6.07) is 0. The lowest BCUT2D eigenvalue weighted by Gasteiger charge is -2.11. The van der Waals surface area contributed by atoms with Gasteiger partial charge in [-0.15, -0.1) is 0 Å². The number of nitrogens with zero attached hydrogens (tertiary/aromatic N) is 4. The minimum atomic E-state index is 0.285. The molecule has 0 fully saturated rings. The number of hydrogen-bond donors (Lipinski definition) is 1. The van der Waals surface area contributed by atoms with Crippen molar-refractivity contribution < 1.29 is 0 Å². The summed E-state index contributed by atoms with van der Waals surface area (Å²) in [5.41, 5.74) is 6.86. The van der Waals surface area contributed by atoms with Gasteiger partial charge in [0.1, 0.15) is 23.0 Å². The average Bonchev–Trinajstić information content (AvgIpc) is 2.63. The molecule has 17 heavy (non-hydrogen) atoms. The highest BCUT2D eigenvalue weighted by Gasteiger charge is 2.15. The number of aromatic nitrogens is 4. The first-order chi connectivity index (χ1) is 8.08. The van der Waals surface area contributed by atoms with E-state index in [1.54, 1.807) is 0 Å². The van der Waals surface area contributed by atoms with E-state index in [-0.39, 0.29) is 5.92 Å². The number of aryl methyl sites for hydroxylation is 1. The zero-order chi connectivity index (χ0) is 12.4. The molecule has 5 nitrogen and oxygen atoms in total. The SMILES string of the molecule is Cc1nsc(Sc2ncnc(N)c2C(C)C)n1. The first kappa shape index (κ1) is 12.3. The second-order valence-corrected chi connectivity index (χ2v) is 5.83. The zero-order valence-electron chi connectivity index (χ0n) is 9.84. The third-order valence-corrected chi connectivity index (χ3v) is 4.01. The monoisotopic (exact) mass is 267 g/mol. The molecule has 2 aromatic heterocycles. The Morgan fingerprint density at radius 2 is 2.12 bits per heavy atom. The van der Waals surface area contributed by atoms with E-state index in [0.717, 1.165) is 20.8 Å². The van der Waals surface area contributed by atoms with Gasteiger partial charge in [-0.25, -0.2) is 15.0 Å². The molecule has 2 N–H and O–H groups in total. The van der Waals surface area contributed by atoms with Crippen LogP contribution in [0.3, 0.4) is 0 Å². The van der Waals surface area contributed by atoms with Crippen molar-refractivity contribution in [2.24, 2.45) is 0 Å². The fourth-order valence-electron chi connectivity index (χ4n) is 1.42. The van der Waals surface area contributed by atoms with Crippen molar-refractivity contribution in [1.29, 1.82) is 0 Å². The summed E-state index contributed by atoms with van der Waals surface area (Å²) in [5, 5.41) is 0.864. The van der Waals surface area contributed by atoms with E-state index < -0.39 is 0 Å². The third-order valence-electron chi connectivity index (χ3n) is 2.15. The van der Waals surface area contributed by atoms with Gasteiger partial charge in [0.05, 0.1) is 0 Å². The molecule has 0 spiro atoms. The van der Waals surface area contributed by atoms with Crippen molar-refractivity contribution in [2.45, 2.75) is 36.1 Å². The average molecular weight is 267 g/mol. The zero-order valence-corrected chi connectivity index (χ0v) is 11.5. The van der Waals surface area contributed by atoms with Crippen LogP contribution in [-0.2, 0) is 0 Å². The van der Waals surface area contributed by atoms with Crippen LogP contribution in [0.2, 0.25) is 0 Å². The van der Waals surface area contributed by atoms with Gasteiger partial charge in [0.15, 0.2) is 4.34 Å². The van der Waals surface area contributed by atoms with Crippen molar-refractivity contribution >= 4 is 29.1 Å². The van der Waals surface area contributed by atoms with Crippen LogP contribution in [0.5, 0.6) is 0 Å². The quantitative estimate of drug-likeness (QED) is 0.861. The summed E-state index contributed by atoms with van der Waals surface area (Å²) in [7, 11) is 0. The predicted molar refractivity (Wildman–Crippen MR) is 69.3 cm³/mol. The van der Waals surface area contributed by atoms with E-state index in [1.165, 1.54) is 29.6 Å². The van der Waals surface area contributed by atoms with E-state index in [2.05, 4.69) is 33.2 Å². The molecule has 0 unspecified atom stereocenters. The fraction of sp³-hybridized carbons (Fsp3) is 0.400. The van der Waals surface area contributed by atoms with Gasteiger partial charge < -0.3 is 5.73 Å². The van der Waals surface area contributed by atoms with Crippen molar-refractivity contribution in [1.82, 2.24) is 19.3 Å². The lowest BCUT2D eigenvalue weighted by Crippen LogP contribution is -2.03. The van der Waals surface area contributed by atoms with Gasteiger partial charge >= 0.3 is 0 Å². The van der Waals surface area contributed by atoms with E-state index in [0.29, 0.717) is 5.82 Å². The Morgan fingerprint density at radius 3 is 2.71 bits per heavy atom. The Kier molecular flexibility index (Phi) is 3.58. The van der Waals surface area contributed by atoms with Gasteiger partial charge in [-0.3, -0.25) is 0 Å². The molecule has 2 aromatic rings. The number of hydrogen-bond acceptors (Lipinski definition) is 7. The second-order valence-electron chi connectivity index (χ2n) is 3.84. The molecule has 2 heterocycles. The maximum Gasteiger partial charge on any atom is 0.176 e. The summed E-state index contributed by atoms with van der Waals surface area (Å²) >= 11 is 2.86. The van der Waals surface area contributed by atoms with Gasteiger partial charge in [0.2, 0.25) is 0 Å². The van der Waals surface area contributed by atoms with E-state index in [4.69, 9.17) is 5.73 Å². The normalized spacial score (nSPS) is 11.1. The van der Waals surface area contributed by atoms with Gasteiger partial charge in [-0.05, 0) is 36.1 Å². The molecule has 0 saturated carbocycles. The van der Waals surface area contributed by atoms with E-state index in [1.807, 2.05) is 6.92 Å². The molecular formula is C10H13N5S2. The van der Waals surface area contributed by atoms with Crippen LogP contribution in [-0.4, -0.2) is 19.3 Å². The molecule has 0 aliphatic rings. The minimum absolute atomic E-state index is 0.285. The number of rotatable bonds is 3. The Labute approximate surface area is 108 Å². The van der Waals surface area contributed by atoms with Crippen LogP contribution >= 0.6 is 23.3 Å². The van der Waals surface area contributed by atoms with E-state index in [9.17, 15) is 0 Å².